The summed E-state index contributed by atoms with van der Waals surface area (Å²) in [5, 5.41) is 1.67. The molecule has 9 nitrogen and oxygen atoms in total. The maximum atomic E-state index is 14.2. The van der Waals surface area contributed by atoms with Crippen LogP contribution in [0.4, 0.5) is 0 Å². The summed E-state index contributed by atoms with van der Waals surface area (Å²) in [5.41, 5.74) is 1.82. The predicted molar refractivity (Wildman–Crippen MR) is 157 cm³/mol. The van der Waals surface area contributed by atoms with Gasteiger partial charge in [0.2, 0.25) is 0 Å². The van der Waals surface area contributed by atoms with Crippen molar-refractivity contribution in [3.63, 3.8) is 0 Å². The summed E-state index contributed by atoms with van der Waals surface area (Å²) in [4.78, 5) is 32.8. The number of esters is 1. The van der Waals surface area contributed by atoms with Crippen molar-refractivity contribution in [2.45, 2.75) is 19.9 Å². The summed E-state index contributed by atoms with van der Waals surface area (Å²) in [6.45, 7) is 3.67. The Morgan fingerprint density at radius 1 is 0.951 bits per heavy atom. The van der Waals surface area contributed by atoms with Crippen LogP contribution in [-0.4, -0.2) is 45.6 Å². The van der Waals surface area contributed by atoms with Crippen molar-refractivity contribution in [1.29, 1.82) is 0 Å². The fourth-order valence-corrected chi connectivity index (χ4v) is 6.09. The lowest BCUT2D eigenvalue weighted by Gasteiger charge is -2.27. The molecule has 3 aromatic carbocycles. The fraction of sp³-hybridized carbons (Fsp3) is 0.258. The molecular formula is C31H30N2O7S. The highest BCUT2D eigenvalue weighted by atomic mass is 32.1. The average Bonchev–Trinajstić information content (AvgIpc) is 3.29. The maximum absolute atomic E-state index is 14.2. The van der Waals surface area contributed by atoms with E-state index in [-0.39, 0.29) is 17.7 Å². The van der Waals surface area contributed by atoms with E-state index in [1.54, 1.807) is 65.1 Å². The summed E-state index contributed by atoms with van der Waals surface area (Å²) in [6, 6.07) is 14.0. The topological polar surface area (TPSA) is 97.6 Å². The monoisotopic (exact) mass is 574 g/mol. The minimum Gasteiger partial charge on any atom is -0.497 e. The first-order chi connectivity index (χ1) is 19.8. The number of nitrogens with zero attached hydrogens (tertiary/aromatic N) is 2. The van der Waals surface area contributed by atoms with Gasteiger partial charge >= 0.3 is 5.97 Å². The molecule has 0 radical (unpaired) electrons. The first-order valence-electron chi connectivity index (χ1n) is 12.9. The summed E-state index contributed by atoms with van der Waals surface area (Å²) in [7, 11) is 6.27. The zero-order chi connectivity index (χ0) is 29.3. The minimum atomic E-state index is -0.858. The van der Waals surface area contributed by atoms with E-state index in [4.69, 9.17) is 23.7 Å². The Morgan fingerprint density at radius 3 is 2.34 bits per heavy atom. The Labute approximate surface area is 240 Å². The van der Waals surface area contributed by atoms with Crippen LogP contribution in [0.25, 0.3) is 16.8 Å². The lowest BCUT2D eigenvalue weighted by atomic mass is 9.90. The van der Waals surface area contributed by atoms with E-state index in [1.807, 2.05) is 36.4 Å². The van der Waals surface area contributed by atoms with E-state index < -0.39 is 12.0 Å². The van der Waals surface area contributed by atoms with Crippen LogP contribution >= 0.6 is 11.3 Å². The third kappa shape index (κ3) is 4.95. The molecule has 212 valence electrons. The molecular weight excluding hydrogens is 544 g/mol. The van der Waals surface area contributed by atoms with Gasteiger partial charge in [0.05, 0.1) is 50.8 Å². The summed E-state index contributed by atoms with van der Waals surface area (Å²) < 4.78 is 29.6. The van der Waals surface area contributed by atoms with Crippen LogP contribution in [0.5, 0.6) is 23.0 Å². The largest absolute Gasteiger partial charge is 0.497 e. The van der Waals surface area contributed by atoms with Gasteiger partial charge in [-0.15, -0.1) is 0 Å². The van der Waals surface area contributed by atoms with Gasteiger partial charge in [0.25, 0.3) is 5.56 Å². The van der Waals surface area contributed by atoms with Crippen molar-refractivity contribution in [2.75, 3.05) is 35.0 Å². The van der Waals surface area contributed by atoms with Gasteiger partial charge in [-0.2, -0.15) is 0 Å². The Morgan fingerprint density at radius 2 is 1.66 bits per heavy atom. The number of rotatable bonds is 8. The number of thiazole rings is 1. The van der Waals surface area contributed by atoms with Crippen LogP contribution in [0, 0.1) is 0 Å². The van der Waals surface area contributed by atoms with Gasteiger partial charge in [0, 0.05) is 5.56 Å². The first kappa shape index (κ1) is 28.0. The normalized spacial score (nSPS) is 14.9. The number of hydrogen-bond donors (Lipinski definition) is 0. The Hall–Kier alpha value is -4.57. The van der Waals surface area contributed by atoms with Gasteiger partial charge < -0.3 is 23.7 Å². The van der Waals surface area contributed by atoms with Gasteiger partial charge in [0.1, 0.15) is 17.5 Å². The number of ether oxygens (including phenoxy) is 5. The highest BCUT2D eigenvalue weighted by Crippen LogP contribution is 2.41. The second-order valence-corrected chi connectivity index (χ2v) is 10.2. The molecule has 0 aliphatic carbocycles. The van der Waals surface area contributed by atoms with Crippen molar-refractivity contribution in [3.8, 4) is 23.0 Å². The number of hydrogen-bond acceptors (Lipinski definition) is 9. The van der Waals surface area contributed by atoms with Crippen molar-refractivity contribution >= 4 is 34.2 Å². The fourth-order valence-electron chi connectivity index (χ4n) is 5.05. The van der Waals surface area contributed by atoms with E-state index in [1.165, 1.54) is 11.3 Å². The summed E-state index contributed by atoms with van der Waals surface area (Å²) >= 11 is 1.24. The number of carbonyl (C=O) groups is 1. The molecule has 0 saturated carbocycles. The van der Waals surface area contributed by atoms with E-state index in [9.17, 15) is 9.59 Å². The zero-order valence-corrected chi connectivity index (χ0v) is 24.5. The number of aromatic nitrogens is 1. The lowest BCUT2D eigenvalue weighted by molar-refractivity contribution is -0.139. The molecule has 0 bridgehead atoms. The third-order valence-corrected chi connectivity index (χ3v) is 7.93. The molecule has 4 aromatic rings. The zero-order valence-electron chi connectivity index (χ0n) is 23.6. The summed E-state index contributed by atoms with van der Waals surface area (Å²) in [6.07, 6.45) is 1.77. The Balaban J connectivity index is 1.83. The van der Waals surface area contributed by atoms with Crippen LogP contribution in [-0.2, 0) is 9.53 Å². The highest BCUT2D eigenvalue weighted by Gasteiger charge is 2.36. The molecule has 0 amide bonds. The molecule has 0 unspecified atom stereocenters. The molecule has 1 aliphatic heterocycles. The van der Waals surface area contributed by atoms with Crippen LogP contribution < -0.4 is 33.8 Å². The number of methoxy groups -OCH3 is 4. The van der Waals surface area contributed by atoms with Crippen molar-refractivity contribution < 1.29 is 28.5 Å². The smallest absolute Gasteiger partial charge is 0.338 e. The molecule has 1 aromatic heterocycles. The van der Waals surface area contributed by atoms with Gasteiger partial charge in [0.15, 0.2) is 16.3 Å². The van der Waals surface area contributed by atoms with E-state index in [2.05, 4.69) is 4.99 Å². The van der Waals surface area contributed by atoms with Gasteiger partial charge in [-0.05, 0) is 66.6 Å². The van der Waals surface area contributed by atoms with Crippen LogP contribution in [0.1, 0.15) is 31.0 Å². The maximum Gasteiger partial charge on any atom is 0.338 e. The number of fused-ring (bicyclic) bond motifs is 2. The molecule has 10 heteroatoms. The van der Waals surface area contributed by atoms with Crippen molar-refractivity contribution in [1.82, 2.24) is 4.57 Å². The standard InChI is InChI=1S/C31H30N2O7S/c1-7-40-30(35)26-17(2)32-31-33(29(34)25(41-31)15-18-8-12-22(37-4)24(14-18)39-6)28(26)27-21-16-20(36-3)11-9-19(21)10-13-23(27)38-5/h8-16,28H,7H2,1-6H3/b25-15-/t28-/m1/s1. The second-order valence-electron chi connectivity index (χ2n) is 9.19. The Kier molecular flexibility index (Phi) is 7.85. The third-order valence-electron chi connectivity index (χ3n) is 6.95. The lowest BCUT2D eigenvalue weighted by Crippen LogP contribution is -2.40. The van der Waals surface area contributed by atoms with Gasteiger partial charge in [-0.25, -0.2) is 9.79 Å². The molecule has 5 rings (SSSR count). The van der Waals surface area contributed by atoms with E-state index >= 15 is 0 Å². The molecule has 0 saturated heterocycles. The molecule has 1 aliphatic rings. The molecule has 1 atom stereocenters. The SMILES string of the molecule is CCOC(=O)C1=C(C)N=c2s/c(=C\c3ccc(OC)c(OC)c3)c(=O)n2[C@H]1c1c(OC)ccc2ccc(OC)cc12. The van der Waals surface area contributed by atoms with Crippen molar-refractivity contribution in [2.24, 2.45) is 4.99 Å². The molecule has 2 heterocycles. The Bertz CT molecular complexity index is 1860. The van der Waals surface area contributed by atoms with Gasteiger partial charge in [-0.1, -0.05) is 29.5 Å². The molecule has 0 N–H and O–H groups in total. The van der Waals surface area contributed by atoms with Crippen LogP contribution in [0.3, 0.4) is 0 Å². The number of benzene rings is 3. The van der Waals surface area contributed by atoms with Crippen molar-refractivity contribution in [3.05, 3.63) is 90.6 Å². The highest BCUT2D eigenvalue weighted by molar-refractivity contribution is 7.07. The van der Waals surface area contributed by atoms with E-state index in [0.29, 0.717) is 43.6 Å². The number of carbonyl (C=O) groups excluding carboxylic acids is 1. The number of allylic oxidation sites excluding steroid dienone is 1. The predicted octanol–water partition coefficient (Wildman–Crippen LogP) is 3.99. The van der Waals surface area contributed by atoms with Crippen LogP contribution in [0.2, 0.25) is 0 Å². The second kappa shape index (κ2) is 11.5. The van der Waals surface area contributed by atoms with Crippen LogP contribution in [0.15, 0.2) is 69.6 Å². The quantitative estimate of drug-likeness (QED) is 0.294. The molecule has 41 heavy (non-hydrogen) atoms. The van der Waals surface area contributed by atoms with E-state index in [0.717, 1.165) is 16.3 Å². The molecule has 0 fully saturated rings. The summed E-state index contributed by atoms with van der Waals surface area (Å²) in [5.74, 6) is 1.73. The van der Waals surface area contributed by atoms with Gasteiger partial charge in [-0.3, -0.25) is 9.36 Å². The molecule has 0 spiro atoms. The minimum absolute atomic E-state index is 0.173. The first-order valence-corrected chi connectivity index (χ1v) is 13.7. The average molecular weight is 575 g/mol.